The Morgan fingerprint density at radius 1 is 1.24 bits per heavy atom. The minimum absolute atomic E-state index is 0.154. The average molecular weight is 309 g/mol. The summed E-state index contributed by atoms with van der Waals surface area (Å²) in [5.74, 6) is 0.157. The van der Waals surface area contributed by atoms with E-state index in [1.54, 1.807) is 6.08 Å². The number of carbonyl (C=O) groups is 1. The molecule has 0 aliphatic heterocycles. The number of hydrogen-bond donors (Lipinski definition) is 1. The predicted octanol–water partition coefficient (Wildman–Crippen LogP) is 3.24. The molecule has 0 amide bonds. The van der Waals surface area contributed by atoms with Crippen molar-refractivity contribution in [3.63, 3.8) is 0 Å². The highest BCUT2D eigenvalue weighted by atomic mass is 35.5. The number of alkyl halides is 1. The summed E-state index contributed by atoms with van der Waals surface area (Å²) >= 11 is 6.15. The van der Waals surface area contributed by atoms with E-state index in [0.29, 0.717) is 13.0 Å². The van der Waals surface area contributed by atoms with Gasteiger partial charge in [0.15, 0.2) is 5.78 Å². The standard InChI is InChI=1S/C17H21ClO3/c18-15(10-14-8-4-5-9-16(14)19)17(20)12-21-11-13-6-2-1-3-7-13/h1-3,6-7,10,15,17,20H,4-5,8-9,11-12H2/b14-10+/t15-,17+/m1/s1. The molecule has 0 saturated heterocycles. The normalized spacial score (nSPS) is 20.5. The SMILES string of the molecule is O=C1CCCC/C1=C\[C@@H](Cl)[C@@H](O)COCc1ccccc1. The van der Waals surface area contributed by atoms with Crippen LogP contribution in [0, 0.1) is 0 Å². The zero-order valence-corrected chi connectivity index (χ0v) is 12.8. The number of ketones is 1. The van der Waals surface area contributed by atoms with Gasteiger partial charge in [-0.15, -0.1) is 11.6 Å². The Hall–Kier alpha value is -1.16. The maximum Gasteiger partial charge on any atom is 0.158 e. The molecule has 3 nitrogen and oxygen atoms in total. The van der Waals surface area contributed by atoms with Crippen molar-refractivity contribution < 1.29 is 14.6 Å². The quantitative estimate of drug-likeness (QED) is 0.648. The lowest BCUT2D eigenvalue weighted by Gasteiger charge is -2.18. The highest BCUT2D eigenvalue weighted by Gasteiger charge is 2.20. The number of ether oxygens (including phenoxy) is 1. The van der Waals surface area contributed by atoms with E-state index in [4.69, 9.17) is 16.3 Å². The summed E-state index contributed by atoms with van der Waals surface area (Å²) in [6.07, 6.45) is 4.21. The van der Waals surface area contributed by atoms with Crippen LogP contribution < -0.4 is 0 Å². The van der Waals surface area contributed by atoms with Crippen LogP contribution in [0.15, 0.2) is 42.0 Å². The zero-order valence-electron chi connectivity index (χ0n) is 12.0. The predicted molar refractivity (Wildman–Crippen MR) is 83.3 cm³/mol. The second-order valence-electron chi connectivity index (χ2n) is 5.33. The first-order valence-corrected chi connectivity index (χ1v) is 7.78. The summed E-state index contributed by atoms with van der Waals surface area (Å²) in [6.45, 7) is 0.595. The summed E-state index contributed by atoms with van der Waals surface area (Å²) in [5, 5.41) is 9.41. The van der Waals surface area contributed by atoms with Gasteiger partial charge < -0.3 is 9.84 Å². The van der Waals surface area contributed by atoms with Crippen LogP contribution in [-0.4, -0.2) is 29.0 Å². The number of rotatable bonds is 6. The molecule has 21 heavy (non-hydrogen) atoms. The summed E-state index contributed by atoms with van der Waals surface area (Å²) < 4.78 is 5.47. The molecule has 1 aliphatic rings. The van der Waals surface area contributed by atoms with E-state index in [-0.39, 0.29) is 12.4 Å². The third-order valence-electron chi connectivity index (χ3n) is 3.59. The molecule has 1 fully saturated rings. The highest BCUT2D eigenvalue weighted by molar-refractivity contribution is 6.22. The maximum absolute atomic E-state index is 11.7. The van der Waals surface area contributed by atoms with Crippen LogP contribution >= 0.6 is 11.6 Å². The van der Waals surface area contributed by atoms with Crippen molar-refractivity contribution in [2.45, 2.75) is 43.8 Å². The lowest BCUT2D eigenvalue weighted by Crippen LogP contribution is -2.26. The van der Waals surface area contributed by atoms with E-state index in [2.05, 4.69) is 0 Å². The number of carbonyl (C=O) groups excluding carboxylic acids is 1. The topological polar surface area (TPSA) is 46.5 Å². The number of halogens is 1. The fraction of sp³-hybridized carbons (Fsp3) is 0.471. The molecule has 1 N–H and O–H groups in total. The van der Waals surface area contributed by atoms with E-state index in [1.165, 1.54) is 0 Å². The van der Waals surface area contributed by atoms with Crippen molar-refractivity contribution in [3.05, 3.63) is 47.5 Å². The number of allylic oxidation sites excluding steroid dienone is 1. The molecule has 0 heterocycles. The number of Topliss-reactive ketones (excluding diaryl/α,β-unsaturated/α-hetero) is 1. The minimum atomic E-state index is -0.808. The second-order valence-corrected chi connectivity index (χ2v) is 5.84. The number of benzene rings is 1. The van der Waals surface area contributed by atoms with E-state index >= 15 is 0 Å². The van der Waals surface area contributed by atoms with Crippen molar-refractivity contribution in [3.8, 4) is 0 Å². The first-order valence-electron chi connectivity index (χ1n) is 7.34. The average Bonchev–Trinajstić information content (AvgIpc) is 2.50. The molecule has 1 aromatic carbocycles. The largest absolute Gasteiger partial charge is 0.389 e. The van der Waals surface area contributed by atoms with E-state index < -0.39 is 11.5 Å². The zero-order chi connectivity index (χ0) is 15.1. The minimum Gasteiger partial charge on any atom is -0.389 e. The third-order valence-corrected chi connectivity index (χ3v) is 4.00. The van der Waals surface area contributed by atoms with Crippen LogP contribution in [0.25, 0.3) is 0 Å². The fourth-order valence-corrected chi connectivity index (χ4v) is 2.57. The lowest BCUT2D eigenvalue weighted by molar-refractivity contribution is -0.116. The van der Waals surface area contributed by atoms with Crippen LogP contribution in [-0.2, 0) is 16.1 Å². The monoisotopic (exact) mass is 308 g/mol. The van der Waals surface area contributed by atoms with Gasteiger partial charge in [0, 0.05) is 6.42 Å². The maximum atomic E-state index is 11.7. The van der Waals surface area contributed by atoms with Gasteiger partial charge in [0.2, 0.25) is 0 Å². The molecule has 1 aliphatic carbocycles. The summed E-state index contributed by atoms with van der Waals surface area (Å²) in [4.78, 5) is 11.7. The third kappa shape index (κ3) is 5.27. The summed E-state index contributed by atoms with van der Waals surface area (Å²) in [6, 6.07) is 9.76. The van der Waals surface area contributed by atoms with Gasteiger partial charge >= 0.3 is 0 Å². The Labute approximate surface area is 130 Å². The number of aliphatic hydroxyl groups excluding tert-OH is 1. The van der Waals surface area contributed by atoms with E-state index in [1.807, 2.05) is 30.3 Å². The molecule has 0 spiro atoms. The fourth-order valence-electron chi connectivity index (χ4n) is 2.34. The van der Waals surface area contributed by atoms with E-state index in [9.17, 15) is 9.90 Å². The van der Waals surface area contributed by atoms with Gasteiger partial charge in [0.05, 0.1) is 24.7 Å². The van der Waals surface area contributed by atoms with Crippen LogP contribution in [0.3, 0.4) is 0 Å². The van der Waals surface area contributed by atoms with Gasteiger partial charge in [-0.05, 0) is 30.4 Å². The van der Waals surface area contributed by atoms with Gasteiger partial charge in [-0.3, -0.25) is 4.79 Å². The van der Waals surface area contributed by atoms with Crippen LogP contribution in [0.2, 0.25) is 0 Å². The molecule has 2 atom stereocenters. The molecular weight excluding hydrogens is 288 g/mol. The first kappa shape index (κ1) is 16.2. The Kier molecular flexibility index (Phi) is 6.43. The Balaban J connectivity index is 1.78. The smallest absolute Gasteiger partial charge is 0.158 e. The molecule has 0 aromatic heterocycles. The van der Waals surface area contributed by atoms with Crippen LogP contribution in [0.4, 0.5) is 0 Å². The van der Waals surface area contributed by atoms with Gasteiger partial charge in [-0.25, -0.2) is 0 Å². The molecule has 0 radical (unpaired) electrons. The molecule has 1 aromatic rings. The summed E-state index contributed by atoms with van der Waals surface area (Å²) in [7, 11) is 0. The molecule has 4 heteroatoms. The Morgan fingerprint density at radius 2 is 1.95 bits per heavy atom. The Bertz CT molecular complexity index is 484. The molecular formula is C17H21ClO3. The second kappa shape index (κ2) is 8.32. The molecule has 0 unspecified atom stereocenters. The molecule has 114 valence electrons. The van der Waals surface area contributed by atoms with Crippen molar-refractivity contribution in [1.29, 1.82) is 0 Å². The van der Waals surface area contributed by atoms with Gasteiger partial charge in [0.1, 0.15) is 0 Å². The number of aliphatic hydroxyl groups is 1. The van der Waals surface area contributed by atoms with Crippen LogP contribution in [0.5, 0.6) is 0 Å². The first-order chi connectivity index (χ1) is 10.2. The van der Waals surface area contributed by atoms with Gasteiger partial charge in [-0.2, -0.15) is 0 Å². The number of hydrogen-bond acceptors (Lipinski definition) is 3. The van der Waals surface area contributed by atoms with Crippen molar-refractivity contribution in [2.24, 2.45) is 0 Å². The van der Waals surface area contributed by atoms with Crippen molar-refractivity contribution >= 4 is 17.4 Å². The molecule has 2 rings (SSSR count). The lowest BCUT2D eigenvalue weighted by atomic mass is 9.92. The van der Waals surface area contributed by atoms with Gasteiger partial charge in [0.25, 0.3) is 0 Å². The van der Waals surface area contributed by atoms with Gasteiger partial charge in [-0.1, -0.05) is 36.4 Å². The van der Waals surface area contributed by atoms with Crippen LogP contribution in [0.1, 0.15) is 31.2 Å². The van der Waals surface area contributed by atoms with Crippen molar-refractivity contribution in [2.75, 3.05) is 6.61 Å². The summed E-state index contributed by atoms with van der Waals surface area (Å²) in [5.41, 5.74) is 1.81. The molecule has 1 saturated carbocycles. The molecule has 0 bridgehead atoms. The Morgan fingerprint density at radius 3 is 2.67 bits per heavy atom. The van der Waals surface area contributed by atoms with Crippen molar-refractivity contribution in [1.82, 2.24) is 0 Å². The highest BCUT2D eigenvalue weighted by Crippen LogP contribution is 2.22. The van der Waals surface area contributed by atoms with E-state index in [0.717, 1.165) is 30.4 Å².